The van der Waals surface area contributed by atoms with E-state index >= 15 is 0 Å². The quantitative estimate of drug-likeness (QED) is 0.828. The van der Waals surface area contributed by atoms with Gasteiger partial charge in [-0.15, -0.1) is 0 Å². The highest BCUT2D eigenvalue weighted by Gasteiger charge is 2.30. The van der Waals surface area contributed by atoms with Crippen LogP contribution in [-0.4, -0.2) is 5.91 Å². The fourth-order valence-corrected chi connectivity index (χ4v) is 2.06. The molecule has 2 aromatic carbocycles. The molecule has 0 spiro atoms. The van der Waals surface area contributed by atoms with Crippen molar-refractivity contribution in [2.45, 2.75) is 12.7 Å². The average molecular weight is 332 g/mol. The van der Waals surface area contributed by atoms with Gasteiger partial charge >= 0.3 is 6.18 Å². The number of halogens is 5. The summed E-state index contributed by atoms with van der Waals surface area (Å²) in [5.41, 5.74) is -0.449. The number of carbonyl (C=O) groups excluding carboxylic acids is 1. The molecule has 7 heteroatoms. The first-order valence-corrected chi connectivity index (χ1v) is 6.54. The fraction of sp³-hybridized carbons (Fsp3) is 0.133. The number of carbonyl (C=O) groups is 1. The van der Waals surface area contributed by atoms with Crippen molar-refractivity contribution in [3.63, 3.8) is 0 Å². The summed E-state index contributed by atoms with van der Waals surface area (Å²) in [6.45, 7) is -0.101. The molecule has 0 saturated carbocycles. The Bertz CT molecular complexity index is 700. The van der Waals surface area contributed by atoms with E-state index in [1.165, 1.54) is 18.2 Å². The Hall–Kier alpha value is -2.08. The maximum absolute atomic E-state index is 12.9. The molecule has 0 aliphatic carbocycles. The van der Waals surface area contributed by atoms with Crippen LogP contribution >= 0.6 is 11.6 Å². The van der Waals surface area contributed by atoms with Crippen LogP contribution in [0.2, 0.25) is 5.02 Å². The lowest BCUT2D eigenvalue weighted by Gasteiger charge is -2.10. The Labute approximate surface area is 128 Å². The molecule has 0 bridgehead atoms. The van der Waals surface area contributed by atoms with Gasteiger partial charge in [0.1, 0.15) is 5.82 Å². The van der Waals surface area contributed by atoms with E-state index in [-0.39, 0.29) is 17.1 Å². The van der Waals surface area contributed by atoms with Gasteiger partial charge in [0.15, 0.2) is 0 Å². The van der Waals surface area contributed by atoms with Gasteiger partial charge in [-0.1, -0.05) is 23.7 Å². The molecule has 116 valence electrons. The van der Waals surface area contributed by atoms with Crippen LogP contribution in [0.1, 0.15) is 21.5 Å². The lowest BCUT2D eigenvalue weighted by Crippen LogP contribution is -2.23. The Balaban J connectivity index is 2.08. The molecular weight excluding hydrogens is 322 g/mol. The van der Waals surface area contributed by atoms with Crippen molar-refractivity contribution in [1.29, 1.82) is 0 Å². The largest absolute Gasteiger partial charge is 0.416 e. The predicted octanol–water partition coefficient (Wildman–Crippen LogP) is 4.43. The van der Waals surface area contributed by atoms with E-state index in [9.17, 15) is 22.4 Å². The summed E-state index contributed by atoms with van der Waals surface area (Å²) < 4.78 is 50.6. The van der Waals surface area contributed by atoms with Crippen molar-refractivity contribution in [3.05, 3.63) is 70.0 Å². The van der Waals surface area contributed by atoms with Gasteiger partial charge in [0.25, 0.3) is 5.91 Å². The highest BCUT2D eigenvalue weighted by atomic mass is 35.5. The van der Waals surface area contributed by atoms with Crippen LogP contribution in [0.4, 0.5) is 17.6 Å². The minimum absolute atomic E-state index is 0.0510. The third-order valence-electron chi connectivity index (χ3n) is 2.88. The normalized spacial score (nSPS) is 11.3. The molecule has 0 aliphatic heterocycles. The highest BCUT2D eigenvalue weighted by molar-refractivity contribution is 6.33. The molecule has 0 aliphatic rings. The minimum atomic E-state index is -4.44. The molecule has 0 heterocycles. The van der Waals surface area contributed by atoms with Gasteiger partial charge in [-0.25, -0.2) is 4.39 Å². The third-order valence-corrected chi connectivity index (χ3v) is 3.20. The molecule has 1 amide bonds. The van der Waals surface area contributed by atoms with Crippen molar-refractivity contribution in [2.75, 3.05) is 0 Å². The highest BCUT2D eigenvalue weighted by Crippen LogP contribution is 2.29. The van der Waals surface area contributed by atoms with Gasteiger partial charge in [0.2, 0.25) is 0 Å². The lowest BCUT2D eigenvalue weighted by atomic mass is 10.1. The van der Waals surface area contributed by atoms with Crippen molar-refractivity contribution in [2.24, 2.45) is 0 Å². The summed E-state index contributed by atoms with van der Waals surface area (Å²) >= 11 is 5.74. The average Bonchev–Trinajstić information content (AvgIpc) is 2.44. The van der Waals surface area contributed by atoms with E-state index in [0.717, 1.165) is 24.3 Å². The molecule has 0 fully saturated rings. The molecule has 0 unspecified atom stereocenters. The predicted molar refractivity (Wildman–Crippen MR) is 74.0 cm³/mol. The molecule has 2 nitrogen and oxygen atoms in total. The first-order chi connectivity index (χ1) is 10.3. The molecule has 22 heavy (non-hydrogen) atoms. The zero-order chi connectivity index (χ0) is 16.3. The molecule has 2 rings (SSSR count). The van der Waals surface area contributed by atoms with Crippen molar-refractivity contribution < 1.29 is 22.4 Å². The van der Waals surface area contributed by atoms with Gasteiger partial charge in [0.05, 0.1) is 16.1 Å². The number of hydrogen-bond acceptors (Lipinski definition) is 1. The number of rotatable bonds is 3. The van der Waals surface area contributed by atoms with E-state index in [1.54, 1.807) is 0 Å². The van der Waals surface area contributed by atoms with Crippen molar-refractivity contribution in [1.82, 2.24) is 5.32 Å². The summed E-state index contributed by atoms with van der Waals surface area (Å²) in [5.74, 6) is -1.18. The first-order valence-electron chi connectivity index (χ1n) is 6.17. The number of alkyl halides is 3. The summed E-state index contributed by atoms with van der Waals surface area (Å²) in [6.07, 6.45) is -4.44. The Morgan fingerprint density at radius 2 is 1.86 bits per heavy atom. The molecule has 0 saturated heterocycles. The zero-order valence-electron chi connectivity index (χ0n) is 11.0. The zero-order valence-corrected chi connectivity index (χ0v) is 11.8. The topological polar surface area (TPSA) is 29.1 Å². The second kappa shape index (κ2) is 6.36. The maximum atomic E-state index is 12.9. The molecule has 0 radical (unpaired) electrons. The summed E-state index contributed by atoms with van der Waals surface area (Å²) in [6, 6.07) is 7.89. The summed E-state index contributed by atoms with van der Waals surface area (Å²) in [4.78, 5) is 11.9. The first kappa shape index (κ1) is 16.3. The number of nitrogens with one attached hydrogen (secondary N) is 1. The van der Waals surface area contributed by atoms with E-state index in [2.05, 4.69) is 5.32 Å². The molecule has 1 N–H and O–H groups in total. The van der Waals surface area contributed by atoms with Gasteiger partial charge < -0.3 is 5.32 Å². The van der Waals surface area contributed by atoms with Gasteiger partial charge in [-0.2, -0.15) is 13.2 Å². The van der Waals surface area contributed by atoms with Crippen molar-refractivity contribution in [3.8, 4) is 0 Å². The Kier molecular flexibility index (Phi) is 4.71. The van der Waals surface area contributed by atoms with Crippen LogP contribution in [0.15, 0.2) is 42.5 Å². The lowest BCUT2D eigenvalue weighted by molar-refractivity contribution is -0.137. The number of amides is 1. The number of hydrogen-bond donors (Lipinski definition) is 1. The van der Waals surface area contributed by atoms with Crippen LogP contribution in [-0.2, 0) is 12.7 Å². The van der Waals surface area contributed by atoms with Crippen molar-refractivity contribution >= 4 is 17.5 Å². The van der Waals surface area contributed by atoms with Crippen LogP contribution in [0.25, 0.3) is 0 Å². The second-order valence-electron chi connectivity index (χ2n) is 4.50. The van der Waals surface area contributed by atoms with E-state index in [0.29, 0.717) is 5.56 Å². The third kappa shape index (κ3) is 3.98. The minimum Gasteiger partial charge on any atom is -0.348 e. The van der Waals surface area contributed by atoms with E-state index < -0.39 is 23.5 Å². The standard InChI is InChI=1S/C15H10ClF4NO/c16-13-7-11(17)4-5-12(13)14(22)21-8-9-2-1-3-10(6-9)15(18,19)20/h1-7H,8H2,(H,21,22). The molecule has 2 aromatic rings. The van der Waals surface area contributed by atoms with Gasteiger partial charge in [-0.3, -0.25) is 4.79 Å². The number of benzene rings is 2. The van der Waals surface area contributed by atoms with Crippen LogP contribution in [0.5, 0.6) is 0 Å². The van der Waals surface area contributed by atoms with E-state index in [4.69, 9.17) is 11.6 Å². The van der Waals surface area contributed by atoms with E-state index in [1.807, 2.05) is 0 Å². The molecule has 0 atom stereocenters. The Morgan fingerprint density at radius 3 is 2.50 bits per heavy atom. The fourth-order valence-electron chi connectivity index (χ4n) is 1.81. The summed E-state index contributed by atoms with van der Waals surface area (Å²) in [7, 11) is 0. The van der Waals surface area contributed by atoms with Crippen LogP contribution in [0.3, 0.4) is 0 Å². The van der Waals surface area contributed by atoms with Gasteiger partial charge in [-0.05, 0) is 35.9 Å². The molecular formula is C15H10ClF4NO. The smallest absolute Gasteiger partial charge is 0.348 e. The SMILES string of the molecule is O=C(NCc1cccc(C(F)(F)F)c1)c1ccc(F)cc1Cl. The molecule has 0 aromatic heterocycles. The summed E-state index contributed by atoms with van der Waals surface area (Å²) in [5, 5.41) is 2.37. The monoisotopic (exact) mass is 331 g/mol. The maximum Gasteiger partial charge on any atom is 0.416 e. The second-order valence-corrected chi connectivity index (χ2v) is 4.91. The van der Waals surface area contributed by atoms with Crippen LogP contribution in [0, 0.1) is 5.82 Å². The Morgan fingerprint density at radius 1 is 1.14 bits per heavy atom. The van der Waals surface area contributed by atoms with Crippen LogP contribution < -0.4 is 5.32 Å². The van der Waals surface area contributed by atoms with Gasteiger partial charge in [0, 0.05) is 6.54 Å².